The lowest BCUT2D eigenvalue weighted by atomic mass is 9.72. The molecule has 0 fully saturated rings. The highest BCUT2D eigenvalue weighted by Crippen LogP contribution is 2.40. The van der Waals surface area contributed by atoms with E-state index in [0.29, 0.717) is 0 Å². The molecule has 1 aromatic carbocycles. The molecular weight excluding hydrogens is 266 g/mol. The quantitative estimate of drug-likeness (QED) is 0.572. The molecule has 0 radical (unpaired) electrons. The summed E-state index contributed by atoms with van der Waals surface area (Å²) in [4.78, 5) is 4.88. The van der Waals surface area contributed by atoms with Crippen molar-refractivity contribution in [3.05, 3.63) is 47.7 Å². The van der Waals surface area contributed by atoms with Crippen LogP contribution in [-0.4, -0.2) is 4.98 Å². The van der Waals surface area contributed by atoms with Crippen LogP contribution in [0.2, 0.25) is 0 Å². The van der Waals surface area contributed by atoms with Crippen molar-refractivity contribution < 1.29 is 0 Å². The number of benzene rings is 1. The van der Waals surface area contributed by atoms with Crippen LogP contribution in [0.25, 0.3) is 17.0 Å². The fourth-order valence-electron chi connectivity index (χ4n) is 3.64. The van der Waals surface area contributed by atoms with Crippen molar-refractivity contribution in [2.45, 2.75) is 64.2 Å². The van der Waals surface area contributed by atoms with E-state index >= 15 is 0 Å². The van der Waals surface area contributed by atoms with Gasteiger partial charge in [0.1, 0.15) is 0 Å². The first kappa shape index (κ1) is 15.3. The second kappa shape index (κ2) is 6.64. The standard InChI is InChI=1S/C21H27N/c1-3-4-5-6-9-14-21(2)15-10-13-20-18(21)16-17-11-7-8-12-19(17)22-20/h7-8,10-13,16H,3-6,9,14-15H2,1-2H3. The summed E-state index contributed by atoms with van der Waals surface area (Å²) in [5.41, 5.74) is 4.00. The molecule has 0 spiro atoms. The Morgan fingerprint density at radius 2 is 1.91 bits per heavy atom. The first-order valence-electron chi connectivity index (χ1n) is 8.80. The Morgan fingerprint density at radius 3 is 2.77 bits per heavy atom. The van der Waals surface area contributed by atoms with Gasteiger partial charge >= 0.3 is 0 Å². The van der Waals surface area contributed by atoms with Gasteiger partial charge in [-0.2, -0.15) is 0 Å². The highest BCUT2D eigenvalue weighted by molar-refractivity contribution is 5.81. The van der Waals surface area contributed by atoms with Gasteiger partial charge in [0.15, 0.2) is 0 Å². The van der Waals surface area contributed by atoms with Crippen LogP contribution >= 0.6 is 0 Å². The molecule has 0 N–H and O–H groups in total. The molecule has 22 heavy (non-hydrogen) atoms. The van der Waals surface area contributed by atoms with Crippen LogP contribution in [-0.2, 0) is 5.41 Å². The minimum Gasteiger partial charge on any atom is -0.248 e. The fraction of sp³-hybridized carbons (Fsp3) is 0.476. The minimum atomic E-state index is 0.257. The van der Waals surface area contributed by atoms with Crippen LogP contribution in [0.4, 0.5) is 0 Å². The molecule has 1 heteroatoms. The van der Waals surface area contributed by atoms with Crippen LogP contribution in [0, 0.1) is 0 Å². The summed E-state index contributed by atoms with van der Waals surface area (Å²) in [5.74, 6) is 0. The van der Waals surface area contributed by atoms with Gasteiger partial charge < -0.3 is 0 Å². The Balaban J connectivity index is 1.83. The van der Waals surface area contributed by atoms with Gasteiger partial charge in [0.2, 0.25) is 0 Å². The predicted octanol–water partition coefficient (Wildman–Crippen LogP) is 6.27. The Morgan fingerprint density at radius 1 is 1.09 bits per heavy atom. The molecule has 1 nitrogen and oxygen atoms in total. The molecule has 0 aliphatic heterocycles. The number of allylic oxidation sites excluding steroid dienone is 1. The van der Waals surface area contributed by atoms with Gasteiger partial charge in [-0.3, -0.25) is 0 Å². The first-order chi connectivity index (χ1) is 10.7. The van der Waals surface area contributed by atoms with Crippen molar-refractivity contribution in [2.75, 3.05) is 0 Å². The number of hydrogen-bond donors (Lipinski definition) is 0. The van der Waals surface area contributed by atoms with E-state index in [4.69, 9.17) is 4.98 Å². The zero-order valence-corrected chi connectivity index (χ0v) is 13.9. The average molecular weight is 293 g/mol. The predicted molar refractivity (Wildman–Crippen MR) is 96.1 cm³/mol. The van der Waals surface area contributed by atoms with Gasteiger partial charge in [0, 0.05) is 5.39 Å². The number of fused-ring (bicyclic) bond motifs is 2. The molecule has 0 amide bonds. The van der Waals surface area contributed by atoms with Gasteiger partial charge in [-0.25, -0.2) is 4.98 Å². The van der Waals surface area contributed by atoms with E-state index in [0.717, 1.165) is 11.9 Å². The Bertz CT molecular complexity index is 671. The second-order valence-corrected chi connectivity index (χ2v) is 6.95. The van der Waals surface area contributed by atoms with Crippen LogP contribution in [0.3, 0.4) is 0 Å². The lowest BCUT2D eigenvalue weighted by Gasteiger charge is -2.33. The highest BCUT2D eigenvalue weighted by Gasteiger charge is 2.30. The van der Waals surface area contributed by atoms with Crippen molar-refractivity contribution in [3.8, 4) is 0 Å². The van der Waals surface area contributed by atoms with Gasteiger partial charge in [0.05, 0.1) is 11.2 Å². The third kappa shape index (κ3) is 3.09. The fourth-order valence-corrected chi connectivity index (χ4v) is 3.64. The third-order valence-corrected chi connectivity index (χ3v) is 5.08. The molecule has 0 saturated heterocycles. The van der Waals surface area contributed by atoms with Gasteiger partial charge in [0.25, 0.3) is 0 Å². The van der Waals surface area contributed by atoms with Crippen molar-refractivity contribution in [1.29, 1.82) is 0 Å². The summed E-state index contributed by atoms with van der Waals surface area (Å²) in [5, 5.41) is 1.27. The zero-order chi connectivity index (χ0) is 15.4. The number of para-hydroxylation sites is 1. The van der Waals surface area contributed by atoms with Gasteiger partial charge in [-0.05, 0) is 42.0 Å². The molecule has 3 rings (SSSR count). The number of hydrogen-bond acceptors (Lipinski definition) is 1. The monoisotopic (exact) mass is 293 g/mol. The van der Waals surface area contributed by atoms with E-state index in [2.05, 4.69) is 56.3 Å². The van der Waals surface area contributed by atoms with Crippen LogP contribution in [0.5, 0.6) is 0 Å². The summed E-state index contributed by atoms with van der Waals surface area (Å²) in [7, 11) is 0. The largest absolute Gasteiger partial charge is 0.248 e. The topological polar surface area (TPSA) is 12.9 Å². The van der Waals surface area contributed by atoms with Crippen molar-refractivity contribution in [2.24, 2.45) is 0 Å². The maximum absolute atomic E-state index is 4.88. The molecular formula is C21H27N. The normalized spacial score (nSPS) is 20.3. The van der Waals surface area contributed by atoms with Crippen molar-refractivity contribution in [3.63, 3.8) is 0 Å². The average Bonchev–Trinajstić information content (AvgIpc) is 2.54. The van der Waals surface area contributed by atoms with E-state index in [1.54, 1.807) is 0 Å². The molecule has 1 aromatic heterocycles. The maximum atomic E-state index is 4.88. The number of pyridine rings is 1. The van der Waals surface area contributed by atoms with Gasteiger partial charge in [-0.15, -0.1) is 0 Å². The molecule has 2 aromatic rings. The summed E-state index contributed by atoms with van der Waals surface area (Å²) >= 11 is 0. The third-order valence-electron chi connectivity index (χ3n) is 5.08. The summed E-state index contributed by atoms with van der Waals surface area (Å²) in [6.45, 7) is 4.70. The SMILES string of the molecule is CCCCCCCC1(C)CC=Cc2nc3ccccc3cc21. The van der Waals surface area contributed by atoms with Crippen LogP contribution in [0.1, 0.15) is 70.1 Å². The minimum absolute atomic E-state index is 0.257. The molecule has 0 bridgehead atoms. The molecule has 1 heterocycles. The van der Waals surface area contributed by atoms with Crippen LogP contribution < -0.4 is 0 Å². The summed E-state index contributed by atoms with van der Waals surface area (Å²) < 4.78 is 0. The lowest BCUT2D eigenvalue weighted by molar-refractivity contribution is 0.407. The Labute approximate surface area is 134 Å². The number of nitrogens with zero attached hydrogens (tertiary/aromatic N) is 1. The number of aromatic nitrogens is 1. The second-order valence-electron chi connectivity index (χ2n) is 6.95. The first-order valence-corrected chi connectivity index (χ1v) is 8.80. The van der Waals surface area contributed by atoms with Crippen molar-refractivity contribution >= 4 is 17.0 Å². The smallest absolute Gasteiger partial charge is 0.0709 e. The summed E-state index contributed by atoms with van der Waals surface area (Å²) in [6.07, 6.45) is 13.7. The molecule has 116 valence electrons. The lowest BCUT2D eigenvalue weighted by Crippen LogP contribution is -2.25. The van der Waals surface area contributed by atoms with Gasteiger partial charge in [-0.1, -0.05) is 70.2 Å². The van der Waals surface area contributed by atoms with E-state index < -0.39 is 0 Å². The van der Waals surface area contributed by atoms with Crippen molar-refractivity contribution in [1.82, 2.24) is 4.98 Å². The molecule has 0 saturated carbocycles. The number of rotatable bonds is 6. The molecule has 1 unspecified atom stereocenters. The van der Waals surface area contributed by atoms with E-state index in [1.807, 2.05) is 0 Å². The molecule has 1 atom stereocenters. The maximum Gasteiger partial charge on any atom is 0.0709 e. The van der Waals surface area contributed by atoms with E-state index in [1.165, 1.54) is 55.2 Å². The molecule has 1 aliphatic rings. The van der Waals surface area contributed by atoms with Crippen LogP contribution in [0.15, 0.2) is 36.4 Å². The van der Waals surface area contributed by atoms with E-state index in [9.17, 15) is 0 Å². The summed E-state index contributed by atoms with van der Waals surface area (Å²) in [6, 6.07) is 10.9. The zero-order valence-electron chi connectivity index (χ0n) is 13.9. The molecule has 1 aliphatic carbocycles. The highest BCUT2D eigenvalue weighted by atomic mass is 14.7. The Kier molecular flexibility index (Phi) is 4.61. The number of unbranched alkanes of at least 4 members (excludes halogenated alkanes) is 4. The Hall–Kier alpha value is -1.63. The van der Waals surface area contributed by atoms with E-state index in [-0.39, 0.29) is 5.41 Å².